The monoisotopic (exact) mass is 234 g/mol. The summed E-state index contributed by atoms with van der Waals surface area (Å²) in [5, 5.41) is 9.47. The molecule has 0 amide bonds. The van der Waals surface area contributed by atoms with Crippen LogP contribution >= 0.6 is 0 Å². The van der Waals surface area contributed by atoms with Gasteiger partial charge in [0.2, 0.25) is 0 Å². The molecule has 5 rings (SSSR count). The lowest BCUT2D eigenvalue weighted by atomic mass is 9.48. The van der Waals surface area contributed by atoms with Crippen molar-refractivity contribution >= 4 is 0 Å². The standard InChI is InChI=1S/C16H26O/c17-11-15(1-2-15)3-4-16-8-12-5-13(9-16)7-14(6-12)10-16/h12-14,17H,1-11H2. The van der Waals surface area contributed by atoms with E-state index in [1.165, 1.54) is 25.7 Å². The highest BCUT2D eigenvalue weighted by Gasteiger charge is 2.52. The maximum Gasteiger partial charge on any atom is 0.0487 e. The van der Waals surface area contributed by atoms with Crippen LogP contribution in [0.4, 0.5) is 0 Å². The van der Waals surface area contributed by atoms with Gasteiger partial charge in [-0.15, -0.1) is 0 Å². The Bertz CT molecular complexity index is 280. The van der Waals surface area contributed by atoms with Crippen LogP contribution in [0.25, 0.3) is 0 Å². The van der Waals surface area contributed by atoms with Crippen LogP contribution in [0.5, 0.6) is 0 Å². The van der Waals surface area contributed by atoms with Crippen LogP contribution in [-0.4, -0.2) is 11.7 Å². The van der Waals surface area contributed by atoms with Crippen molar-refractivity contribution in [1.82, 2.24) is 0 Å². The summed E-state index contributed by atoms with van der Waals surface area (Å²) in [6.07, 6.45) is 14.7. The average molecular weight is 234 g/mol. The molecule has 4 bridgehead atoms. The van der Waals surface area contributed by atoms with Gasteiger partial charge in [-0.2, -0.15) is 0 Å². The normalized spacial score (nSPS) is 49.6. The van der Waals surface area contributed by atoms with Gasteiger partial charge in [0.1, 0.15) is 0 Å². The quantitative estimate of drug-likeness (QED) is 0.785. The summed E-state index contributed by atoms with van der Waals surface area (Å²) in [6.45, 7) is 0.458. The summed E-state index contributed by atoms with van der Waals surface area (Å²) in [6, 6.07) is 0. The summed E-state index contributed by atoms with van der Waals surface area (Å²) in [5.74, 6) is 3.27. The minimum atomic E-state index is 0.392. The Morgan fingerprint density at radius 2 is 1.35 bits per heavy atom. The van der Waals surface area contributed by atoms with Crippen molar-refractivity contribution in [3.8, 4) is 0 Å². The van der Waals surface area contributed by atoms with Crippen molar-refractivity contribution < 1.29 is 5.11 Å². The zero-order valence-corrected chi connectivity index (χ0v) is 11.0. The van der Waals surface area contributed by atoms with Crippen LogP contribution in [0.15, 0.2) is 0 Å². The third-order valence-corrected chi connectivity index (χ3v) is 6.64. The molecule has 1 heteroatoms. The molecule has 0 heterocycles. The van der Waals surface area contributed by atoms with E-state index in [-0.39, 0.29) is 0 Å². The SMILES string of the molecule is OCC1(CCC23CC4CC(CC(C4)C2)C3)CC1. The Kier molecular flexibility index (Phi) is 2.23. The molecule has 0 aliphatic heterocycles. The van der Waals surface area contributed by atoms with Crippen molar-refractivity contribution in [3.05, 3.63) is 0 Å². The van der Waals surface area contributed by atoms with E-state index in [0.29, 0.717) is 12.0 Å². The molecule has 1 nitrogen and oxygen atoms in total. The van der Waals surface area contributed by atoms with Gasteiger partial charge in [-0.05, 0) is 92.8 Å². The number of aliphatic hydroxyl groups is 1. The average Bonchev–Trinajstić information content (AvgIpc) is 3.05. The fourth-order valence-electron chi connectivity index (χ4n) is 5.79. The van der Waals surface area contributed by atoms with Gasteiger partial charge in [0.15, 0.2) is 0 Å². The van der Waals surface area contributed by atoms with E-state index in [4.69, 9.17) is 0 Å². The second kappa shape index (κ2) is 3.50. The van der Waals surface area contributed by atoms with E-state index in [2.05, 4.69) is 0 Å². The number of aliphatic hydroxyl groups excluding tert-OH is 1. The topological polar surface area (TPSA) is 20.2 Å². The Labute approximate surface area is 105 Å². The molecule has 0 unspecified atom stereocenters. The van der Waals surface area contributed by atoms with Crippen molar-refractivity contribution in [1.29, 1.82) is 0 Å². The molecule has 0 aromatic carbocycles. The van der Waals surface area contributed by atoms with E-state index in [9.17, 15) is 5.11 Å². The zero-order chi connectivity index (χ0) is 11.5. The third kappa shape index (κ3) is 1.77. The number of hydrogen-bond acceptors (Lipinski definition) is 1. The lowest BCUT2D eigenvalue weighted by Gasteiger charge is -2.57. The van der Waals surface area contributed by atoms with Gasteiger partial charge in [0, 0.05) is 6.61 Å². The summed E-state index contributed by atoms with van der Waals surface area (Å²) in [7, 11) is 0. The van der Waals surface area contributed by atoms with Crippen LogP contribution < -0.4 is 0 Å². The lowest BCUT2D eigenvalue weighted by Crippen LogP contribution is -2.46. The van der Waals surface area contributed by atoms with Gasteiger partial charge in [-0.1, -0.05) is 0 Å². The molecule has 17 heavy (non-hydrogen) atoms. The molecule has 5 aliphatic rings. The minimum absolute atomic E-state index is 0.392. The van der Waals surface area contributed by atoms with Crippen molar-refractivity contribution in [2.24, 2.45) is 28.6 Å². The second-order valence-electron chi connectivity index (χ2n) is 8.08. The first-order chi connectivity index (χ1) is 8.21. The van der Waals surface area contributed by atoms with Gasteiger partial charge in [-0.3, -0.25) is 0 Å². The van der Waals surface area contributed by atoms with Crippen molar-refractivity contribution in [2.75, 3.05) is 6.61 Å². The fraction of sp³-hybridized carbons (Fsp3) is 1.00. The van der Waals surface area contributed by atoms with E-state index < -0.39 is 0 Å². The van der Waals surface area contributed by atoms with Crippen molar-refractivity contribution in [3.63, 3.8) is 0 Å². The summed E-state index contributed by atoms with van der Waals surface area (Å²) >= 11 is 0. The van der Waals surface area contributed by atoms with Gasteiger partial charge < -0.3 is 5.11 Å². The molecule has 0 spiro atoms. The molecular weight excluding hydrogens is 208 g/mol. The molecule has 0 aromatic rings. The Balaban J connectivity index is 1.46. The van der Waals surface area contributed by atoms with E-state index in [1.807, 2.05) is 0 Å². The van der Waals surface area contributed by atoms with Gasteiger partial charge in [-0.25, -0.2) is 0 Å². The summed E-state index contributed by atoms with van der Waals surface area (Å²) in [5.41, 5.74) is 1.13. The predicted octanol–water partition coefficient (Wildman–Crippen LogP) is 3.76. The third-order valence-electron chi connectivity index (χ3n) is 6.64. The Morgan fingerprint density at radius 1 is 0.824 bits per heavy atom. The molecule has 96 valence electrons. The fourth-order valence-corrected chi connectivity index (χ4v) is 5.79. The summed E-state index contributed by atoms with van der Waals surface area (Å²) in [4.78, 5) is 0. The van der Waals surface area contributed by atoms with Gasteiger partial charge in [0.25, 0.3) is 0 Å². The van der Waals surface area contributed by atoms with Crippen LogP contribution in [-0.2, 0) is 0 Å². The minimum Gasteiger partial charge on any atom is -0.396 e. The summed E-state index contributed by atoms with van der Waals surface area (Å²) < 4.78 is 0. The maximum atomic E-state index is 9.47. The van der Waals surface area contributed by atoms with Crippen LogP contribution in [0, 0.1) is 28.6 Å². The van der Waals surface area contributed by atoms with Gasteiger partial charge >= 0.3 is 0 Å². The Morgan fingerprint density at radius 3 is 1.76 bits per heavy atom. The zero-order valence-electron chi connectivity index (χ0n) is 11.0. The van der Waals surface area contributed by atoms with Crippen molar-refractivity contribution in [2.45, 2.75) is 64.2 Å². The molecular formula is C16H26O. The van der Waals surface area contributed by atoms with Crippen LogP contribution in [0.2, 0.25) is 0 Å². The molecule has 0 saturated heterocycles. The maximum absolute atomic E-state index is 9.47. The highest BCUT2D eigenvalue weighted by atomic mass is 16.3. The predicted molar refractivity (Wildman–Crippen MR) is 68.6 cm³/mol. The molecule has 5 fully saturated rings. The largest absolute Gasteiger partial charge is 0.396 e. The van der Waals surface area contributed by atoms with E-state index in [1.54, 1.807) is 38.5 Å². The second-order valence-corrected chi connectivity index (χ2v) is 8.08. The molecule has 1 N–H and O–H groups in total. The highest BCUT2D eigenvalue weighted by molar-refractivity contribution is 5.03. The van der Waals surface area contributed by atoms with E-state index >= 15 is 0 Å². The van der Waals surface area contributed by atoms with Crippen LogP contribution in [0.3, 0.4) is 0 Å². The smallest absolute Gasteiger partial charge is 0.0487 e. The highest BCUT2D eigenvalue weighted by Crippen LogP contribution is 2.63. The van der Waals surface area contributed by atoms with Gasteiger partial charge in [0.05, 0.1) is 0 Å². The molecule has 5 saturated carbocycles. The molecule has 0 aromatic heterocycles. The Hall–Kier alpha value is -0.0400. The van der Waals surface area contributed by atoms with Crippen LogP contribution in [0.1, 0.15) is 64.2 Å². The molecule has 0 atom stereocenters. The molecule has 5 aliphatic carbocycles. The van der Waals surface area contributed by atoms with E-state index in [0.717, 1.165) is 23.2 Å². The first-order valence-corrected chi connectivity index (χ1v) is 7.82. The number of rotatable bonds is 4. The molecule has 0 radical (unpaired) electrons. The first kappa shape index (κ1) is 10.8. The lowest BCUT2D eigenvalue weighted by molar-refractivity contribution is -0.0616. The first-order valence-electron chi connectivity index (χ1n) is 7.82. The number of hydrogen-bond donors (Lipinski definition) is 1.